The molecule has 2 unspecified atom stereocenters. The van der Waals surface area contributed by atoms with Crippen molar-refractivity contribution in [2.75, 3.05) is 11.9 Å². The van der Waals surface area contributed by atoms with Gasteiger partial charge in [0.2, 0.25) is 0 Å². The fraction of sp³-hybridized carbons (Fsp3) is 0.348. The predicted octanol–water partition coefficient (Wildman–Crippen LogP) is 11.1. The van der Waals surface area contributed by atoms with Crippen LogP contribution in [-0.2, 0) is 7.05 Å². The molecule has 0 bridgehead atoms. The summed E-state index contributed by atoms with van der Waals surface area (Å²) in [6.45, 7) is 17.9. The third kappa shape index (κ3) is 5.10. The van der Waals surface area contributed by atoms with E-state index in [-0.39, 0.29) is 23.2 Å². The third-order valence-corrected chi connectivity index (χ3v) is 11.3. The fourth-order valence-electron chi connectivity index (χ4n) is 8.74. The molecule has 2 atom stereocenters. The van der Waals surface area contributed by atoms with Gasteiger partial charge in [0.1, 0.15) is 0 Å². The molecular formula is C46H50N2O2. The molecule has 0 spiro atoms. The number of para-hydroxylation sites is 1. The Bertz CT molecular complexity index is 2260. The lowest BCUT2D eigenvalue weighted by molar-refractivity contribution is 0.0931. The van der Waals surface area contributed by atoms with E-state index < -0.39 is 0 Å². The average molecular weight is 663 g/mol. The van der Waals surface area contributed by atoms with Gasteiger partial charge in [-0.05, 0) is 80.8 Å². The Labute approximate surface area is 297 Å². The molecule has 2 heterocycles. The maximum atomic E-state index is 14.6. The summed E-state index contributed by atoms with van der Waals surface area (Å²) >= 11 is 0. The topological polar surface area (TPSA) is 42.3 Å². The number of rotatable bonds is 6. The first-order valence-corrected chi connectivity index (χ1v) is 18.3. The molecule has 0 fully saturated rings. The van der Waals surface area contributed by atoms with Gasteiger partial charge in [-0.15, -0.1) is 0 Å². The Morgan fingerprint density at radius 1 is 0.620 bits per heavy atom. The van der Waals surface area contributed by atoms with Crippen LogP contribution in [0.25, 0.3) is 38.5 Å². The first-order chi connectivity index (χ1) is 23.8. The maximum absolute atomic E-state index is 14.6. The van der Waals surface area contributed by atoms with E-state index in [1.54, 1.807) is 0 Å². The summed E-state index contributed by atoms with van der Waals surface area (Å²) in [6, 6.07) is 23.2. The highest BCUT2D eigenvalue weighted by Gasteiger charge is 2.42. The zero-order valence-corrected chi connectivity index (χ0v) is 31.3. The normalized spacial score (nSPS) is 17.4. The largest absolute Gasteiger partial charge is 0.366 e. The van der Waals surface area contributed by atoms with E-state index in [0.29, 0.717) is 40.0 Å². The van der Waals surface area contributed by atoms with Crippen molar-refractivity contribution in [3.05, 3.63) is 129 Å². The van der Waals surface area contributed by atoms with Crippen molar-refractivity contribution in [1.82, 2.24) is 4.57 Å². The molecule has 50 heavy (non-hydrogen) atoms. The number of aryl methyl sites for hydroxylation is 1. The minimum atomic E-state index is -0.329. The maximum Gasteiger partial charge on any atom is 0.197 e. The van der Waals surface area contributed by atoms with Crippen molar-refractivity contribution in [2.24, 2.45) is 13.0 Å². The molecule has 0 saturated carbocycles. The Balaban J connectivity index is 1.47. The van der Waals surface area contributed by atoms with Crippen molar-refractivity contribution in [3.8, 4) is 11.1 Å². The van der Waals surface area contributed by atoms with Crippen LogP contribution >= 0.6 is 0 Å². The number of hydrogen-bond acceptors (Lipinski definition) is 3. The van der Waals surface area contributed by atoms with Gasteiger partial charge in [-0.2, -0.15) is 0 Å². The lowest BCUT2D eigenvalue weighted by Crippen LogP contribution is -2.47. The van der Waals surface area contributed by atoms with Crippen molar-refractivity contribution in [3.63, 3.8) is 0 Å². The lowest BCUT2D eigenvalue weighted by atomic mass is 9.73. The number of benzene rings is 4. The van der Waals surface area contributed by atoms with E-state index >= 15 is 0 Å². The average Bonchev–Trinajstić information content (AvgIpc) is 3.10. The van der Waals surface area contributed by atoms with E-state index in [1.165, 1.54) is 39.0 Å². The van der Waals surface area contributed by atoms with Crippen LogP contribution in [0.2, 0.25) is 0 Å². The van der Waals surface area contributed by atoms with Gasteiger partial charge in [0.25, 0.3) is 0 Å². The summed E-state index contributed by atoms with van der Waals surface area (Å²) in [5.41, 5.74) is 13.0. The predicted molar refractivity (Wildman–Crippen MR) is 212 cm³/mol. The van der Waals surface area contributed by atoms with E-state index in [4.69, 9.17) is 0 Å². The van der Waals surface area contributed by atoms with Crippen LogP contribution in [0.1, 0.15) is 117 Å². The van der Waals surface area contributed by atoms with Crippen LogP contribution < -0.4 is 10.3 Å². The van der Waals surface area contributed by atoms with Crippen molar-refractivity contribution in [1.29, 1.82) is 0 Å². The minimum Gasteiger partial charge on any atom is -0.366 e. The van der Waals surface area contributed by atoms with Crippen LogP contribution in [0.3, 0.4) is 0 Å². The molecule has 0 N–H and O–H groups in total. The molecule has 7 rings (SSSR count). The quantitative estimate of drug-likeness (QED) is 0.170. The van der Waals surface area contributed by atoms with Gasteiger partial charge in [0.05, 0.1) is 23.0 Å². The second kappa shape index (κ2) is 12.6. The van der Waals surface area contributed by atoms with Gasteiger partial charge in [-0.25, -0.2) is 0 Å². The summed E-state index contributed by atoms with van der Waals surface area (Å²) in [4.78, 5) is 31.5. The summed E-state index contributed by atoms with van der Waals surface area (Å²) < 4.78 is 2.15. The highest BCUT2D eigenvalue weighted by Crippen LogP contribution is 2.46. The smallest absolute Gasteiger partial charge is 0.197 e. The van der Waals surface area contributed by atoms with Gasteiger partial charge < -0.3 is 9.47 Å². The Kier molecular flexibility index (Phi) is 8.49. The van der Waals surface area contributed by atoms with Gasteiger partial charge in [0, 0.05) is 41.7 Å². The molecule has 4 aromatic carbocycles. The molecule has 0 saturated heterocycles. The molecular weight excluding hydrogens is 613 g/mol. The molecule has 5 aromatic rings. The van der Waals surface area contributed by atoms with Gasteiger partial charge >= 0.3 is 0 Å². The van der Waals surface area contributed by atoms with Crippen LogP contribution in [0, 0.1) is 5.92 Å². The Hall–Kier alpha value is -4.70. The number of aromatic nitrogens is 1. The number of pyridine rings is 1. The molecule has 1 aliphatic heterocycles. The van der Waals surface area contributed by atoms with Crippen LogP contribution in [0.5, 0.6) is 0 Å². The molecule has 1 aromatic heterocycles. The third-order valence-electron chi connectivity index (χ3n) is 11.3. The zero-order valence-electron chi connectivity index (χ0n) is 31.3. The molecule has 0 radical (unpaired) electrons. The number of ketones is 1. The summed E-state index contributed by atoms with van der Waals surface area (Å²) in [5.74, 6) is 1.07. The molecule has 2 aliphatic rings. The molecule has 0 amide bonds. The SMILES string of the molecule is CC(C)c1cccc(C(C)C)c1C1=CC=CC2C(=O)c3cc4c(cc3N(C)C12)c(=O)c1cccc(-c2c(C(C)C)cccc2C(C)C)c1n4C. The monoisotopic (exact) mass is 662 g/mol. The first kappa shape index (κ1) is 33.8. The number of allylic oxidation sites excluding steroid dienone is 2. The van der Waals surface area contributed by atoms with E-state index in [9.17, 15) is 9.59 Å². The molecule has 256 valence electrons. The number of likely N-dealkylation sites (N-methyl/N-ethyl adjacent to an activating group) is 1. The van der Waals surface area contributed by atoms with Gasteiger partial charge in [-0.3, -0.25) is 9.59 Å². The molecule has 4 nitrogen and oxygen atoms in total. The standard InChI is InChI=1S/C46H50N2O2/c1-25(2)29-15-11-16-30(26(3)4)41(29)33-19-13-21-35-43(33)47(9)39-23-38-40(24-37(39)45(35)49)48(10)44-34(20-14-22-36(44)46(38)50)42-31(27(5)6)17-12-18-32(42)28(7)8/h11-28,35,43H,1-10H3. The highest BCUT2D eigenvalue weighted by molar-refractivity contribution is 6.13. The van der Waals surface area contributed by atoms with Crippen molar-refractivity contribution >= 4 is 38.8 Å². The van der Waals surface area contributed by atoms with E-state index in [0.717, 1.165) is 22.3 Å². The number of fused-ring (bicyclic) bond motifs is 4. The van der Waals surface area contributed by atoms with E-state index in [1.807, 2.05) is 31.3 Å². The number of carbonyl (C=O) groups is 1. The molecule has 4 heteroatoms. The molecule has 1 aliphatic carbocycles. The minimum absolute atomic E-state index is 0.000371. The Morgan fingerprint density at radius 3 is 1.72 bits per heavy atom. The number of hydrogen-bond donors (Lipinski definition) is 0. The number of anilines is 1. The number of nitrogens with zero attached hydrogens (tertiary/aromatic N) is 2. The van der Waals surface area contributed by atoms with Gasteiger partial charge in [-0.1, -0.05) is 122 Å². The lowest BCUT2D eigenvalue weighted by Gasteiger charge is -2.43. The van der Waals surface area contributed by atoms with Crippen molar-refractivity contribution in [2.45, 2.75) is 85.1 Å². The van der Waals surface area contributed by atoms with E-state index in [2.05, 4.69) is 133 Å². The summed E-state index contributed by atoms with van der Waals surface area (Å²) in [6.07, 6.45) is 6.35. The summed E-state index contributed by atoms with van der Waals surface area (Å²) in [7, 11) is 4.14. The summed E-state index contributed by atoms with van der Waals surface area (Å²) in [5, 5.41) is 1.33. The second-order valence-electron chi connectivity index (χ2n) is 15.7. The van der Waals surface area contributed by atoms with Crippen molar-refractivity contribution < 1.29 is 4.79 Å². The number of Topliss-reactive ketones (excluding diaryl/α,β-unsaturated/α-hetero) is 1. The second-order valence-corrected chi connectivity index (χ2v) is 15.7. The van der Waals surface area contributed by atoms with Crippen LogP contribution in [0.15, 0.2) is 89.8 Å². The van der Waals surface area contributed by atoms with Crippen LogP contribution in [-0.4, -0.2) is 23.4 Å². The Morgan fingerprint density at radius 2 is 1.16 bits per heavy atom. The highest BCUT2D eigenvalue weighted by atomic mass is 16.1. The fourth-order valence-corrected chi connectivity index (χ4v) is 8.74. The first-order valence-electron chi connectivity index (χ1n) is 18.3. The zero-order chi connectivity index (χ0) is 35.8. The van der Waals surface area contributed by atoms with Gasteiger partial charge in [0.15, 0.2) is 11.2 Å². The number of carbonyl (C=O) groups excluding carboxylic acids is 1. The van der Waals surface area contributed by atoms with Crippen LogP contribution in [0.4, 0.5) is 5.69 Å².